The zero-order valence-electron chi connectivity index (χ0n) is 7.69. The van der Waals surface area contributed by atoms with Crippen molar-refractivity contribution >= 4 is 15.9 Å². The van der Waals surface area contributed by atoms with E-state index in [2.05, 4.69) is 21.0 Å². The standard InChI is InChI=1S/C10H8BrFN2O/c11-9-2-1-8(5-10(9)12)14-4-3-7(6-15)13-14/h1-5,15H,6H2. The molecule has 0 aliphatic carbocycles. The number of rotatable bonds is 2. The van der Waals surface area contributed by atoms with Gasteiger partial charge < -0.3 is 5.11 Å². The van der Waals surface area contributed by atoms with Gasteiger partial charge in [0, 0.05) is 12.3 Å². The number of halogens is 2. The largest absolute Gasteiger partial charge is 0.390 e. The van der Waals surface area contributed by atoms with E-state index in [0.29, 0.717) is 15.9 Å². The van der Waals surface area contributed by atoms with Crippen LogP contribution in [-0.2, 0) is 6.61 Å². The SMILES string of the molecule is OCc1ccn(-c2ccc(Br)c(F)c2)n1. The topological polar surface area (TPSA) is 38.0 Å². The Bertz CT molecular complexity index is 484. The molecule has 0 fully saturated rings. The third-order valence-electron chi connectivity index (χ3n) is 1.97. The first-order valence-electron chi connectivity index (χ1n) is 4.31. The Morgan fingerprint density at radius 3 is 2.80 bits per heavy atom. The molecule has 1 N–H and O–H groups in total. The van der Waals surface area contributed by atoms with E-state index in [4.69, 9.17) is 5.11 Å². The summed E-state index contributed by atoms with van der Waals surface area (Å²) in [6.07, 6.45) is 1.67. The summed E-state index contributed by atoms with van der Waals surface area (Å²) < 4.78 is 15.1. The predicted molar refractivity (Wildman–Crippen MR) is 57.1 cm³/mol. The van der Waals surface area contributed by atoms with Gasteiger partial charge in [-0.2, -0.15) is 5.10 Å². The first-order valence-corrected chi connectivity index (χ1v) is 5.11. The van der Waals surface area contributed by atoms with Gasteiger partial charge in [0.05, 0.1) is 22.5 Å². The van der Waals surface area contributed by atoms with Crippen LogP contribution in [0.5, 0.6) is 0 Å². The van der Waals surface area contributed by atoms with E-state index in [1.54, 1.807) is 24.4 Å². The zero-order valence-corrected chi connectivity index (χ0v) is 9.28. The van der Waals surface area contributed by atoms with Crippen LogP contribution in [0, 0.1) is 5.82 Å². The van der Waals surface area contributed by atoms with Gasteiger partial charge in [-0.25, -0.2) is 9.07 Å². The van der Waals surface area contributed by atoms with Crippen molar-refractivity contribution in [3.05, 3.63) is 46.4 Å². The van der Waals surface area contributed by atoms with Crippen LogP contribution in [0.1, 0.15) is 5.69 Å². The molecule has 0 aliphatic rings. The lowest BCUT2D eigenvalue weighted by molar-refractivity contribution is 0.276. The maximum atomic E-state index is 13.2. The third-order valence-corrected chi connectivity index (χ3v) is 2.62. The molecule has 5 heteroatoms. The summed E-state index contributed by atoms with van der Waals surface area (Å²) in [5, 5.41) is 12.9. The van der Waals surface area contributed by atoms with Crippen molar-refractivity contribution in [1.82, 2.24) is 9.78 Å². The number of hydrogen-bond donors (Lipinski definition) is 1. The minimum absolute atomic E-state index is 0.119. The van der Waals surface area contributed by atoms with E-state index < -0.39 is 0 Å². The van der Waals surface area contributed by atoms with E-state index in [0.717, 1.165) is 0 Å². The second-order valence-corrected chi connectivity index (χ2v) is 3.86. The van der Waals surface area contributed by atoms with E-state index >= 15 is 0 Å². The molecule has 0 saturated heterocycles. The second kappa shape index (κ2) is 4.12. The summed E-state index contributed by atoms with van der Waals surface area (Å²) in [5.74, 6) is -0.339. The van der Waals surface area contributed by atoms with Crippen LogP contribution in [0.25, 0.3) is 5.69 Å². The molecule has 1 heterocycles. The summed E-state index contributed by atoms with van der Waals surface area (Å²) in [7, 11) is 0. The lowest BCUT2D eigenvalue weighted by Gasteiger charge is -2.02. The predicted octanol–water partition coefficient (Wildman–Crippen LogP) is 2.27. The van der Waals surface area contributed by atoms with Gasteiger partial charge in [0.25, 0.3) is 0 Å². The molecule has 0 radical (unpaired) electrons. The van der Waals surface area contributed by atoms with Crippen molar-refractivity contribution in [3.8, 4) is 5.69 Å². The lowest BCUT2D eigenvalue weighted by atomic mass is 10.3. The molecule has 0 atom stereocenters. The molecule has 2 rings (SSSR count). The van der Waals surface area contributed by atoms with Gasteiger partial charge in [0.15, 0.2) is 0 Å². The van der Waals surface area contributed by atoms with Crippen LogP contribution >= 0.6 is 15.9 Å². The molecule has 3 nitrogen and oxygen atoms in total. The van der Waals surface area contributed by atoms with Crippen LogP contribution in [0.15, 0.2) is 34.9 Å². The molecule has 0 spiro atoms. The Balaban J connectivity index is 2.40. The van der Waals surface area contributed by atoms with E-state index in [-0.39, 0.29) is 12.4 Å². The Labute approximate surface area is 94.3 Å². The lowest BCUT2D eigenvalue weighted by Crippen LogP contribution is -1.97. The minimum Gasteiger partial charge on any atom is -0.390 e. The molecule has 0 saturated carbocycles. The van der Waals surface area contributed by atoms with Gasteiger partial charge in [0.1, 0.15) is 5.82 Å². The van der Waals surface area contributed by atoms with E-state index in [1.807, 2.05) is 0 Å². The fourth-order valence-corrected chi connectivity index (χ4v) is 1.46. The van der Waals surface area contributed by atoms with Crippen molar-refractivity contribution in [2.45, 2.75) is 6.61 Å². The number of aromatic nitrogens is 2. The smallest absolute Gasteiger partial charge is 0.139 e. The zero-order chi connectivity index (χ0) is 10.8. The molecule has 0 aliphatic heterocycles. The molecular formula is C10H8BrFN2O. The molecular weight excluding hydrogens is 263 g/mol. The highest BCUT2D eigenvalue weighted by atomic mass is 79.9. The van der Waals surface area contributed by atoms with E-state index in [9.17, 15) is 4.39 Å². The fraction of sp³-hybridized carbons (Fsp3) is 0.100. The van der Waals surface area contributed by atoms with Crippen molar-refractivity contribution in [2.75, 3.05) is 0 Å². The number of benzene rings is 1. The van der Waals surface area contributed by atoms with Crippen molar-refractivity contribution in [3.63, 3.8) is 0 Å². The van der Waals surface area contributed by atoms with Gasteiger partial charge in [-0.3, -0.25) is 0 Å². The molecule has 1 aromatic heterocycles. The van der Waals surface area contributed by atoms with Crippen molar-refractivity contribution < 1.29 is 9.50 Å². The first kappa shape index (κ1) is 10.3. The van der Waals surface area contributed by atoms with Gasteiger partial charge in [-0.1, -0.05) is 0 Å². The van der Waals surface area contributed by atoms with E-state index in [1.165, 1.54) is 10.7 Å². The molecule has 1 aromatic carbocycles. The highest BCUT2D eigenvalue weighted by Gasteiger charge is 2.03. The maximum absolute atomic E-state index is 13.2. The van der Waals surface area contributed by atoms with Crippen molar-refractivity contribution in [2.24, 2.45) is 0 Å². The third kappa shape index (κ3) is 2.08. The normalized spacial score (nSPS) is 10.6. The number of aliphatic hydroxyl groups excluding tert-OH is 1. The van der Waals surface area contributed by atoms with Gasteiger partial charge >= 0.3 is 0 Å². The van der Waals surface area contributed by atoms with Crippen LogP contribution in [0.3, 0.4) is 0 Å². The molecule has 0 bridgehead atoms. The fourth-order valence-electron chi connectivity index (χ4n) is 1.22. The minimum atomic E-state index is -0.339. The van der Waals surface area contributed by atoms with Crippen LogP contribution in [-0.4, -0.2) is 14.9 Å². The number of hydrogen-bond acceptors (Lipinski definition) is 2. The number of aliphatic hydroxyl groups is 1. The Morgan fingerprint density at radius 1 is 1.40 bits per heavy atom. The maximum Gasteiger partial charge on any atom is 0.139 e. The molecule has 0 unspecified atom stereocenters. The van der Waals surface area contributed by atoms with Crippen LogP contribution in [0.4, 0.5) is 4.39 Å². The van der Waals surface area contributed by atoms with Crippen molar-refractivity contribution in [1.29, 1.82) is 0 Å². The van der Waals surface area contributed by atoms with Gasteiger partial charge in [-0.15, -0.1) is 0 Å². The summed E-state index contributed by atoms with van der Waals surface area (Å²) >= 11 is 3.08. The molecule has 15 heavy (non-hydrogen) atoms. The average Bonchev–Trinajstić information content (AvgIpc) is 2.70. The number of nitrogens with zero attached hydrogens (tertiary/aromatic N) is 2. The highest BCUT2D eigenvalue weighted by Crippen LogP contribution is 2.18. The Kier molecular flexibility index (Phi) is 2.83. The second-order valence-electron chi connectivity index (χ2n) is 3.01. The molecule has 0 amide bonds. The summed E-state index contributed by atoms with van der Waals surface area (Å²) in [6.45, 7) is -0.119. The van der Waals surface area contributed by atoms with Gasteiger partial charge in [-0.05, 0) is 34.1 Å². The summed E-state index contributed by atoms with van der Waals surface area (Å²) in [4.78, 5) is 0. The highest BCUT2D eigenvalue weighted by molar-refractivity contribution is 9.10. The van der Waals surface area contributed by atoms with Gasteiger partial charge in [0.2, 0.25) is 0 Å². The first-order chi connectivity index (χ1) is 7.20. The average molecular weight is 271 g/mol. The molecule has 78 valence electrons. The van der Waals surface area contributed by atoms with Crippen LogP contribution < -0.4 is 0 Å². The molecule has 2 aromatic rings. The Hall–Kier alpha value is -1.20. The monoisotopic (exact) mass is 270 g/mol. The summed E-state index contributed by atoms with van der Waals surface area (Å²) in [5.41, 5.74) is 1.17. The summed E-state index contributed by atoms with van der Waals surface area (Å²) in [6, 6.07) is 6.41. The Morgan fingerprint density at radius 2 is 2.20 bits per heavy atom. The van der Waals surface area contributed by atoms with Crippen LogP contribution in [0.2, 0.25) is 0 Å². The quantitative estimate of drug-likeness (QED) is 0.909.